The van der Waals surface area contributed by atoms with E-state index in [4.69, 9.17) is 5.73 Å². The Labute approximate surface area is 94.1 Å². The van der Waals surface area contributed by atoms with Crippen molar-refractivity contribution < 1.29 is 0 Å². The maximum absolute atomic E-state index is 5.81. The molecule has 0 aliphatic carbocycles. The number of anilines is 2. The molecular weight excluding hydrogens is 206 g/mol. The van der Waals surface area contributed by atoms with E-state index in [2.05, 4.69) is 34.6 Å². The van der Waals surface area contributed by atoms with Crippen molar-refractivity contribution in [3.8, 4) is 0 Å². The van der Waals surface area contributed by atoms with E-state index in [9.17, 15) is 0 Å². The molecule has 2 saturated heterocycles. The molecule has 2 fully saturated rings. The van der Waals surface area contributed by atoms with Gasteiger partial charge in [0.1, 0.15) is 5.82 Å². The third-order valence-electron chi connectivity index (χ3n) is 3.42. The first-order chi connectivity index (χ1) is 7.20. The van der Waals surface area contributed by atoms with Gasteiger partial charge in [-0.15, -0.1) is 0 Å². The summed E-state index contributed by atoms with van der Waals surface area (Å²) in [7, 11) is 0. The van der Waals surface area contributed by atoms with Gasteiger partial charge in [0, 0.05) is 47.5 Å². The van der Waals surface area contributed by atoms with Gasteiger partial charge in [0.15, 0.2) is 0 Å². The lowest BCUT2D eigenvalue weighted by molar-refractivity contribution is 0.272. The van der Waals surface area contributed by atoms with Crippen molar-refractivity contribution in [2.45, 2.75) is 6.92 Å². The summed E-state index contributed by atoms with van der Waals surface area (Å²) < 4.78 is 0. The van der Waals surface area contributed by atoms with Crippen LogP contribution in [0.25, 0.3) is 0 Å². The van der Waals surface area contributed by atoms with Crippen molar-refractivity contribution in [3.05, 3.63) is 17.8 Å². The molecular formula is C11H15N3S. The number of pyridine rings is 1. The largest absolute Gasteiger partial charge is 0.383 e. The average molecular weight is 221 g/mol. The van der Waals surface area contributed by atoms with E-state index in [0.29, 0.717) is 11.2 Å². The fourth-order valence-electron chi connectivity index (χ4n) is 2.39. The molecule has 2 aliphatic heterocycles. The minimum absolute atomic E-state index is 0.634. The van der Waals surface area contributed by atoms with Gasteiger partial charge in [0.05, 0.1) is 0 Å². The number of hydrogen-bond donors (Lipinski definition) is 1. The highest BCUT2D eigenvalue weighted by atomic mass is 32.2. The summed E-state index contributed by atoms with van der Waals surface area (Å²) in [6, 6.07) is 2.07. The maximum atomic E-state index is 5.81. The summed E-state index contributed by atoms with van der Waals surface area (Å²) in [5.74, 6) is 3.34. The number of nitrogens with zero attached hydrogens (tertiary/aromatic N) is 2. The highest BCUT2D eigenvalue weighted by molar-refractivity contribution is 8.00. The topological polar surface area (TPSA) is 42.2 Å². The monoisotopic (exact) mass is 221 g/mol. The average Bonchev–Trinajstić information content (AvgIpc) is 2.07. The highest BCUT2D eigenvalue weighted by Crippen LogP contribution is 2.47. The Hall–Kier alpha value is -0.900. The smallest absolute Gasteiger partial charge is 0.128 e. The van der Waals surface area contributed by atoms with E-state index in [0.717, 1.165) is 5.56 Å². The summed E-state index contributed by atoms with van der Waals surface area (Å²) in [4.78, 5) is 6.52. The molecule has 2 aliphatic rings. The molecule has 1 aromatic heterocycles. The van der Waals surface area contributed by atoms with Crippen LogP contribution in [0.4, 0.5) is 11.5 Å². The second-order valence-corrected chi connectivity index (χ2v) is 5.67. The van der Waals surface area contributed by atoms with Gasteiger partial charge in [-0.1, -0.05) is 0 Å². The normalized spacial score (nSPS) is 22.3. The van der Waals surface area contributed by atoms with Gasteiger partial charge in [-0.2, -0.15) is 11.8 Å². The van der Waals surface area contributed by atoms with Gasteiger partial charge in [-0.05, 0) is 13.0 Å². The van der Waals surface area contributed by atoms with Crippen LogP contribution in [0.15, 0.2) is 12.3 Å². The van der Waals surface area contributed by atoms with Crippen LogP contribution in [0.1, 0.15) is 5.56 Å². The molecule has 0 atom stereocenters. The molecule has 4 heteroatoms. The molecule has 0 saturated carbocycles. The number of aromatic nitrogens is 1. The molecule has 0 bridgehead atoms. The molecule has 3 nitrogen and oxygen atoms in total. The molecule has 2 N–H and O–H groups in total. The first-order valence-corrected chi connectivity index (χ1v) is 6.39. The number of thioether (sulfide) groups is 1. The Morgan fingerprint density at radius 1 is 1.47 bits per heavy atom. The van der Waals surface area contributed by atoms with Crippen LogP contribution in [0.2, 0.25) is 0 Å². The molecule has 3 heterocycles. The van der Waals surface area contributed by atoms with E-state index >= 15 is 0 Å². The fraction of sp³-hybridized carbons (Fsp3) is 0.545. The summed E-state index contributed by atoms with van der Waals surface area (Å²) in [5, 5.41) is 0. The number of nitrogen functional groups attached to an aromatic ring is 1. The summed E-state index contributed by atoms with van der Waals surface area (Å²) in [6.45, 7) is 4.45. The second kappa shape index (κ2) is 3.04. The Morgan fingerprint density at radius 2 is 2.20 bits per heavy atom. The second-order valence-electron chi connectivity index (χ2n) is 4.69. The molecule has 0 amide bonds. The third-order valence-corrected chi connectivity index (χ3v) is 5.06. The van der Waals surface area contributed by atoms with Crippen LogP contribution >= 0.6 is 11.8 Å². The molecule has 0 aromatic carbocycles. The molecule has 3 rings (SSSR count). The van der Waals surface area contributed by atoms with Gasteiger partial charge in [-0.25, -0.2) is 4.98 Å². The van der Waals surface area contributed by atoms with Gasteiger partial charge >= 0.3 is 0 Å². The molecule has 0 unspecified atom stereocenters. The molecule has 80 valence electrons. The van der Waals surface area contributed by atoms with E-state index in [1.165, 1.54) is 30.3 Å². The van der Waals surface area contributed by atoms with Gasteiger partial charge in [0.25, 0.3) is 0 Å². The van der Waals surface area contributed by atoms with Crippen molar-refractivity contribution >= 4 is 23.3 Å². The first kappa shape index (κ1) is 9.33. The standard InChI is InChI=1S/C11H15N3S/c1-8-9(2-3-13-10(8)12)14-4-11(5-14)6-15-7-11/h2-3H,4-7H2,1H3,(H2,12,13). The SMILES string of the molecule is Cc1c(N2CC3(CSC3)C2)ccnc1N. The lowest BCUT2D eigenvalue weighted by Gasteiger charge is -2.56. The predicted molar refractivity (Wildman–Crippen MR) is 65.4 cm³/mol. The minimum atomic E-state index is 0.634. The zero-order chi connectivity index (χ0) is 10.5. The van der Waals surface area contributed by atoms with E-state index in [1.54, 1.807) is 6.20 Å². The Balaban J connectivity index is 1.80. The quantitative estimate of drug-likeness (QED) is 0.781. The fourth-order valence-corrected chi connectivity index (χ4v) is 3.54. The lowest BCUT2D eigenvalue weighted by Crippen LogP contribution is -2.63. The van der Waals surface area contributed by atoms with Crippen LogP contribution in [-0.4, -0.2) is 29.6 Å². The zero-order valence-electron chi connectivity index (χ0n) is 8.86. The van der Waals surface area contributed by atoms with Crippen LogP contribution in [0, 0.1) is 12.3 Å². The Morgan fingerprint density at radius 3 is 2.80 bits per heavy atom. The predicted octanol–water partition coefficient (Wildman–Crippen LogP) is 1.53. The van der Waals surface area contributed by atoms with Gasteiger partial charge < -0.3 is 10.6 Å². The van der Waals surface area contributed by atoms with Crippen molar-refractivity contribution in [2.24, 2.45) is 5.41 Å². The van der Waals surface area contributed by atoms with E-state index in [-0.39, 0.29) is 0 Å². The minimum Gasteiger partial charge on any atom is -0.383 e. The zero-order valence-corrected chi connectivity index (χ0v) is 9.68. The first-order valence-electron chi connectivity index (χ1n) is 5.24. The highest BCUT2D eigenvalue weighted by Gasteiger charge is 2.48. The molecule has 1 aromatic rings. The van der Waals surface area contributed by atoms with Crippen LogP contribution in [0.5, 0.6) is 0 Å². The van der Waals surface area contributed by atoms with Gasteiger partial charge in [-0.3, -0.25) is 0 Å². The summed E-state index contributed by atoms with van der Waals surface area (Å²) >= 11 is 2.06. The van der Waals surface area contributed by atoms with Crippen LogP contribution in [0.3, 0.4) is 0 Å². The van der Waals surface area contributed by atoms with E-state index in [1.807, 2.05) is 0 Å². The number of hydrogen-bond acceptors (Lipinski definition) is 4. The lowest BCUT2D eigenvalue weighted by atomic mass is 9.82. The van der Waals surface area contributed by atoms with Crippen LogP contribution in [-0.2, 0) is 0 Å². The Kier molecular flexibility index (Phi) is 1.89. The van der Waals surface area contributed by atoms with E-state index < -0.39 is 0 Å². The number of nitrogens with two attached hydrogens (primary N) is 1. The van der Waals surface area contributed by atoms with Crippen molar-refractivity contribution in [2.75, 3.05) is 35.2 Å². The molecule has 1 spiro atoms. The summed E-state index contributed by atoms with van der Waals surface area (Å²) in [6.07, 6.45) is 1.80. The molecule has 0 radical (unpaired) electrons. The maximum Gasteiger partial charge on any atom is 0.128 e. The third kappa shape index (κ3) is 1.31. The van der Waals surface area contributed by atoms with Crippen molar-refractivity contribution in [1.29, 1.82) is 0 Å². The van der Waals surface area contributed by atoms with Gasteiger partial charge in [0.2, 0.25) is 0 Å². The Bertz CT molecular complexity index is 393. The van der Waals surface area contributed by atoms with Crippen molar-refractivity contribution in [3.63, 3.8) is 0 Å². The summed E-state index contributed by atoms with van der Waals surface area (Å²) in [5.41, 5.74) is 8.84. The van der Waals surface area contributed by atoms with Crippen molar-refractivity contribution in [1.82, 2.24) is 4.98 Å². The molecule has 15 heavy (non-hydrogen) atoms. The number of rotatable bonds is 1. The van der Waals surface area contributed by atoms with Crippen LogP contribution < -0.4 is 10.6 Å².